The molecule has 0 saturated carbocycles. The SMILES string of the molecule is C=Cc1ccc(C)c(C(C)=NC)c1. The molecule has 0 saturated heterocycles. The maximum absolute atomic E-state index is 4.18. The summed E-state index contributed by atoms with van der Waals surface area (Å²) in [5.41, 5.74) is 4.68. The number of aryl methyl sites for hydroxylation is 1. The number of nitrogens with zero attached hydrogens (tertiary/aromatic N) is 1. The summed E-state index contributed by atoms with van der Waals surface area (Å²) in [5, 5.41) is 0. The van der Waals surface area contributed by atoms with Gasteiger partial charge < -0.3 is 0 Å². The highest BCUT2D eigenvalue weighted by molar-refractivity contribution is 6.00. The number of rotatable bonds is 2. The van der Waals surface area contributed by atoms with Crippen LogP contribution in [0, 0.1) is 6.92 Å². The van der Waals surface area contributed by atoms with Gasteiger partial charge in [0.2, 0.25) is 0 Å². The Labute approximate surface area is 79.8 Å². The van der Waals surface area contributed by atoms with Crippen molar-refractivity contribution in [3.8, 4) is 0 Å². The summed E-state index contributed by atoms with van der Waals surface area (Å²) in [5.74, 6) is 0. The van der Waals surface area contributed by atoms with E-state index in [1.807, 2.05) is 20.0 Å². The Morgan fingerprint density at radius 3 is 2.69 bits per heavy atom. The number of aliphatic imine (C=N–C) groups is 1. The average Bonchev–Trinajstić information content (AvgIpc) is 2.17. The van der Waals surface area contributed by atoms with Gasteiger partial charge in [0.25, 0.3) is 0 Å². The van der Waals surface area contributed by atoms with E-state index in [-0.39, 0.29) is 0 Å². The third-order valence-electron chi connectivity index (χ3n) is 2.22. The molecule has 0 aliphatic heterocycles. The first-order valence-electron chi connectivity index (χ1n) is 4.36. The van der Waals surface area contributed by atoms with Crippen molar-refractivity contribution in [3.05, 3.63) is 41.5 Å². The van der Waals surface area contributed by atoms with Crippen LogP contribution in [0.15, 0.2) is 29.8 Å². The molecular weight excluding hydrogens is 158 g/mol. The predicted octanol–water partition coefficient (Wildman–Crippen LogP) is 3.08. The monoisotopic (exact) mass is 173 g/mol. The van der Waals surface area contributed by atoms with Gasteiger partial charge in [0.05, 0.1) is 0 Å². The number of benzene rings is 1. The fourth-order valence-electron chi connectivity index (χ4n) is 1.28. The van der Waals surface area contributed by atoms with Gasteiger partial charge in [-0.1, -0.05) is 24.8 Å². The Kier molecular flexibility index (Phi) is 3.02. The summed E-state index contributed by atoms with van der Waals surface area (Å²) in [7, 11) is 1.81. The van der Waals surface area contributed by atoms with Crippen molar-refractivity contribution in [2.75, 3.05) is 7.05 Å². The zero-order chi connectivity index (χ0) is 9.84. The second-order valence-electron chi connectivity index (χ2n) is 3.09. The minimum absolute atomic E-state index is 1.07. The summed E-state index contributed by atoms with van der Waals surface area (Å²) < 4.78 is 0. The van der Waals surface area contributed by atoms with E-state index in [9.17, 15) is 0 Å². The van der Waals surface area contributed by atoms with E-state index in [4.69, 9.17) is 0 Å². The highest BCUT2D eigenvalue weighted by atomic mass is 14.7. The van der Waals surface area contributed by atoms with Crippen molar-refractivity contribution >= 4 is 11.8 Å². The van der Waals surface area contributed by atoms with Crippen molar-refractivity contribution in [1.29, 1.82) is 0 Å². The summed E-state index contributed by atoms with van der Waals surface area (Å²) in [6.45, 7) is 7.86. The van der Waals surface area contributed by atoms with Crippen molar-refractivity contribution < 1.29 is 0 Å². The summed E-state index contributed by atoms with van der Waals surface area (Å²) in [6.07, 6.45) is 1.85. The zero-order valence-corrected chi connectivity index (χ0v) is 8.46. The van der Waals surface area contributed by atoms with Gasteiger partial charge >= 0.3 is 0 Å². The maximum atomic E-state index is 4.18. The first kappa shape index (κ1) is 9.72. The van der Waals surface area contributed by atoms with E-state index in [1.165, 1.54) is 11.1 Å². The molecule has 0 atom stereocenters. The van der Waals surface area contributed by atoms with Crippen LogP contribution in [-0.2, 0) is 0 Å². The molecule has 13 heavy (non-hydrogen) atoms. The predicted molar refractivity (Wildman–Crippen MR) is 59.4 cm³/mol. The van der Waals surface area contributed by atoms with Gasteiger partial charge in [-0.3, -0.25) is 4.99 Å². The third kappa shape index (κ3) is 2.05. The quantitative estimate of drug-likeness (QED) is 0.609. The van der Waals surface area contributed by atoms with Crippen molar-refractivity contribution in [2.45, 2.75) is 13.8 Å². The number of hydrogen-bond acceptors (Lipinski definition) is 1. The topological polar surface area (TPSA) is 12.4 Å². The van der Waals surface area contributed by atoms with Crippen LogP contribution in [0.2, 0.25) is 0 Å². The lowest BCUT2D eigenvalue weighted by Crippen LogP contribution is -1.98. The lowest BCUT2D eigenvalue weighted by molar-refractivity contribution is 1.36. The van der Waals surface area contributed by atoms with E-state index in [0.717, 1.165) is 11.3 Å². The molecule has 0 spiro atoms. The van der Waals surface area contributed by atoms with Gasteiger partial charge in [0.1, 0.15) is 0 Å². The molecule has 68 valence electrons. The van der Waals surface area contributed by atoms with Crippen LogP contribution < -0.4 is 0 Å². The minimum atomic E-state index is 1.07. The van der Waals surface area contributed by atoms with Gasteiger partial charge in [-0.15, -0.1) is 0 Å². The van der Waals surface area contributed by atoms with Crippen LogP contribution in [0.25, 0.3) is 6.08 Å². The lowest BCUT2D eigenvalue weighted by Gasteiger charge is -2.05. The molecule has 0 N–H and O–H groups in total. The summed E-state index contributed by atoms with van der Waals surface area (Å²) >= 11 is 0. The smallest absolute Gasteiger partial charge is 0.0389 e. The highest BCUT2D eigenvalue weighted by Crippen LogP contribution is 2.13. The second kappa shape index (κ2) is 4.04. The van der Waals surface area contributed by atoms with Crippen LogP contribution in [0.5, 0.6) is 0 Å². The standard InChI is InChI=1S/C12H15N/c1-5-11-7-6-9(2)12(8-11)10(3)13-4/h5-8H,1H2,2-4H3. The Bertz CT molecular complexity index is 348. The highest BCUT2D eigenvalue weighted by Gasteiger charge is 2.00. The Balaban J connectivity index is 3.26. The Morgan fingerprint density at radius 2 is 2.15 bits per heavy atom. The molecule has 0 aromatic heterocycles. The van der Waals surface area contributed by atoms with Gasteiger partial charge in [0.15, 0.2) is 0 Å². The fourth-order valence-corrected chi connectivity index (χ4v) is 1.28. The normalized spacial score (nSPS) is 11.5. The molecule has 0 unspecified atom stereocenters. The molecule has 1 nitrogen and oxygen atoms in total. The van der Waals surface area contributed by atoms with Crippen LogP contribution in [0.4, 0.5) is 0 Å². The Hall–Kier alpha value is -1.37. The van der Waals surface area contributed by atoms with E-state index >= 15 is 0 Å². The molecule has 0 aliphatic rings. The molecule has 1 aromatic rings. The van der Waals surface area contributed by atoms with Crippen LogP contribution in [0.3, 0.4) is 0 Å². The molecular formula is C12H15N. The van der Waals surface area contributed by atoms with Gasteiger partial charge in [0, 0.05) is 12.8 Å². The molecule has 0 bridgehead atoms. The van der Waals surface area contributed by atoms with Gasteiger partial charge in [-0.25, -0.2) is 0 Å². The van der Waals surface area contributed by atoms with Crippen LogP contribution >= 0.6 is 0 Å². The zero-order valence-electron chi connectivity index (χ0n) is 8.46. The molecule has 1 heteroatoms. The van der Waals surface area contributed by atoms with Crippen molar-refractivity contribution in [2.24, 2.45) is 4.99 Å². The minimum Gasteiger partial charge on any atom is -0.293 e. The lowest BCUT2D eigenvalue weighted by atomic mass is 10.0. The second-order valence-corrected chi connectivity index (χ2v) is 3.09. The largest absolute Gasteiger partial charge is 0.293 e. The summed E-state index contributed by atoms with van der Waals surface area (Å²) in [6, 6.07) is 6.28. The molecule has 0 fully saturated rings. The van der Waals surface area contributed by atoms with Gasteiger partial charge in [-0.2, -0.15) is 0 Å². The molecule has 0 heterocycles. The molecule has 0 aliphatic carbocycles. The maximum Gasteiger partial charge on any atom is 0.0389 e. The van der Waals surface area contributed by atoms with E-state index in [0.29, 0.717) is 0 Å². The van der Waals surface area contributed by atoms with Crippen LogP contribution in [0.1, 0.15) is 23.6 Å². The van der Waals surface area contributed by atoms with E-state index in [1.54, 1.807) is 0 Å². The van der Waals surface area contributed by atoms with E-state index in [2.05, 4.69) is 36.7 Å². The third-order valence-corrected chi connectivity index (χ3v) is 2.22. The number of hydrogen-bond donors (Lipinski definition) is 0. The van der Waals surface area contributed by atoms with Crippen molar-refractivity contribution in [1.82, 2.24) is 0 Å². The first-order valence-corrected chi connectivity index (χ1v) is 4.36. The van der Waals surface area contributed by atoms with Crippen LogP contribution in [-0.4, -0.2) is 12.8 Å². The van der Waals surface area contributed by atoms with E-state index < -0.39 is 0 Å². The molecule has 1 rings (SSSR count). The fraction of sp³-hybridized carbons (Fsp3) is 0.250. The summed E-state index contributed by atoms with van der Waals surface area (Å²) in [4.78, 5) is 4.18. The Morgan fingerprint density at radius 1 is 1.46 bits per heavy atom. The van der Waals surface area contributed by atoms with Gasteiger partial charge in [-0.05, 0) is 36.6 Å². The van der Waals surface area contributed by atoms with Crippen molar-refractivity contribution in [3.63, 3.8) is 0 Å². The average molecular weight is 173 g/mol. The first-order chi connectivity index (χ1) is 6.19. The molecule has 0 radical (unpaired) electrons. The molecule has 1 aromatic carbocycles. The molecule has 0 amide bonds.